The highest BCUT2D eigenvalue weighted by Gasteiger charge is 2.13. The summed E-state index contributed by atoms with van der Waals surface area (Å²) in [5.41, 5.74) is 2.14. The molecular weight excluding hydrogens is 316 g/mol. The van der Waals surface area contributed by atoms with E-state index in [0.717, 1.165) is 5.56 Å². The summed E-state index contributed by atoms with van der Waals surface area (Å²) in [7, 11) is 4.81. The molecule has 0 N–H and O–H groups in total. The number of methoxy groups -OCH3 is 3. The molecule has 3 aromatic carbocycles. The molecular formula is C21H22O4. The maximum atomic E-state index is 5.93. The number of hydrogen-bond acceptors (Lipinski definition) is 4. The molecule has 0 spiro atoms. The van der Waals surface area contributed by atoms with Gasteiger partial charge in [-0.2, -0.15) is 0 Å². The molecule has 0 fully saturated rings. The monoisotopic (exact) mass is 338 g/mol. The number of benzene rings is 3. The van der Waals surface area contributed by atoms with Gasteiger partial charge in [0.25, 0.3) is 0 Å². The van der Waals surface area contributed by atoms with Crippen LogP contribution in [0.4, 0.5) is 0 Å². The zero-order valence-electron chi connectivity index (χ0n) is 14.7. The zero-order chi connectivity index (χ0) is 17.6. The van der Waals surface area contributed by atoms with Gasteiger partial charge in [0.1, 0.15) is 0 Å². The summed E-state index contributed by atoms with van der Waals surface area (Å²) in [4.78, 5) is 0. The maximum absolute atomic E-state index is 5.93. The third-order valence-electron chi connectivity index (χ3n) is 4.13. The number of rotatable bonds is 7. The van der Waals surface area contributed by atoms with Crippen molar-refractivity contribution in [3.63, 3.8) is 0 Å². The van der Waals surface area contributed by atoms with Crippen molar-refractivity contribution in [2.24, 2.45) is 0 Å². The highest BCUT2D eigenvalue weighted by molar-refractivity contribution is 5.85. The summed E-state index contributed by atoms with van der Waals surface area (Å²) in [6.07, 6.45) is 0. The van der Waals surface area contributed by atoms with Gasteiger partial charge < -0.3 is 18.9 Å². The average molecular weight is 338 g/mol. The highest BCUT2D eigenvalue weighted by atomic mass is 16.5. The Kier molecular flexibility index (Phi) is 5.41. The fourth-order valence-electron chi connectivity index (χ4n) is 2.92. The molecule has 3 rings (SSSR count). The van der Waals surface area contributed by atoms with Gasteiger partial charge in [0, 0.05) is 0 Å². The topological polar surface area (TPSA) is 36.9 Å². The zero-order valence-corrected chi connectivity index (χ0v) is 14.7. The lowest BCUT2D eigenvalue weighted by atomic mass is 10.1. The molecule has 0 aliphatic carbocycles. The van der Waals surface area contributed by atoms with Crippen LogP contribution >= 0.6 is 0 Å². The molecule has 0 heterocycles. The van der Waals surface area contributed by atoms with Crippen molar-refractivity contribution < 1.29 is 18.9 Å². The Hall–Kier alpha value is -2.72. The van der Waals surface area contributed by atoms with Crippen molar-refractivity contribution in [2.75, 3.05) is 21.3 Å². The van der Waals surface area contributed by atoms with E-state index in [4.69, 9.17) is 18.9 Å². The second-order valence-electron chi connectivity index (χ2n) is 5.66. The van der Waals surface area contributed by atoms with Crippen LogP contribution in [0.2, 0.25) is 0 Å². The van der Waals surface area contributed by atoms with Crippen molar-refractivity contribution in [1.82, 2.24) is 0 Å². The molecule has 0 amide bonds. The number of hydrogen-bond donors (Lipinski definition) is 0. The molecule has 0 unspecified atom stereocenters. The maximum Gasteiger partial charge on any atom is 0.203 e. The second-order valence-corrected chi connectivity index (χ2v) is 5.66. The van der Waals surface area contributed by atoms with E-state index in [1.54, 1.807) is 21.3 Å². The molecule has 3 aromatic rings. The number of ether oxygens (including phenoxy) is 4. The lowest BCUT2D eigenvalue weighted by Gasteiger charge is -2.14. The van der Waals surface area contributed by atoms with E-state index in [1.165, 1.54) is 16.3 Å². The molecule has 0 aliphatic heterocycles. The van der Waals surface area contributed by atoms with E-state index < -0.39 is 0 Å². The summed E-state index contributed by atoms with van der Waals surface area (Å²) in [6.45, 7) is 0.998. The standard InChI is InChI=1S/C21H22O4/c1-22-19-11-15(12-20(23-2)21(19)24-3)13-25-14-17-9-6-8-16-7-4-5-10-18(16)17/h4-12H,13-14H2,1-3H3. The van der Waals surface area contributed by atoms with Crippen LogP contribution in [0.15, 0.2) is 54.6 Å². The van der Waals surface area contributed by atoms with E-state index in [0.29, 0.717) is 30.5 Å². The summed E-state index contributed by atoms with van der Waals surface area (Å²) in [5.74, 6) is 1.85. The molecule has 0 saturated carbocycles. The van der Waals surface area contributed by atoms with Gasteiger partial charge in [-0.25, -0.2) is 0 Å². The Bertz CT molecular complexity index is 827. The summed E-state index contributed by atoms with van der Waals surface area (Å²) in [5, 5.41) is 2.44. The average Bonchev–Trinajstić information content (AvgIpc) is 2.67. The highest BCUT2D eigenvalue weighted by Crippen LogP contribution is 2.38. The predicted molar refractivity (Wildman–Crippen MR) is 98.5 cm³/mol. The van der Waals surface area contributed by atoms with E-state index in [-0.39, 0.29) is 0 Å². The van der Waals surface area contributed by atoms with Crippen LogP contribution in [-0.2, 0) is 18.0 Å². The quantitative estimate of drug-likeness (QED) is 0.632. The van der Waals surface area contributed by atoms with Crippen LogP contribution in [0, 0.1) is 0 Å². The minimum Gasteiger partial charge on any atom is -0.493 e. The first-order valence-electron chi connectivity index (χ1n) is 8.10. The first-order chi connectivity index (χ1) is 12.3. The SMILES string of the molecule is COc1cc(COCc2cccc3ccccc23)cc(OC)c1OC. The van der Waals surface area contributed by atoms with Gasteiger partial charge >= 0.3 is 0 Å². The van der Waals surface area contributed by atoms with Crippen molar-refractivity contribution in [1.29, 1.82) is 0 Å². The van der Waals surface area contributed by atoms with Gasteiger partial charge in [0.05, 0.1) is 34.5 Å². The van der Waals surface area contributed by atoms with Gasteiger partial charge in [0.2, 0.25) is 5.75 Å². The van der Waals surface area contributed by atoms with E-state index in [1.807, 2.05) is 24.3 Å². The Morgan fingerprint density at radius 3 is 2.08 bits per heavy atom. The van der Waals surface area contributed by atoms with Crippen LogP contribution in [-0.4, -0.2) is 21.3 Å². The van der Waals surface area contributed by atoms with Crippen LogP contribution in [0.1, 0.15) is 11.1 Å². The normalized spacial score (nSPS) is 10.7. The summed E-state index contributed by atoms with van der Waals surface area (Å²) in [6, 6.07) is 18.4. The molecule has 0 saturated heterocycles. The van der Waals surface area contributed by atoms with E-state index >= 15 is 0 Å². The Morgan fingerprint density at radius 2 is 1.40 bits per heavy atom. The Labute approximate surface area is 147 Å². The van der Waals surface area contributed by atoms with Crippen molar-refractivity contribution >= 4 is 10.8 Å². The molecule has 0 aliphatic rings. The van der Waals surface area contributed by atoms with E-state index in [9.17, 15) is 0 Å². The minimum atomic E-state index is 0.458. The van der Waals surface area contributed by atoms with Crippen molar-refractivity contribution in [3.05, 3.63) is 65.7 Å². The number of fused-ring (bicyclic) bond motifs is 1. The third kappa shape index (κ3) is 3.69. The molecule has 0 bridgehead atoms. The molecule has 0 radical (unpaired) electrons. The lowest BCUT2D eigenvalue weighted by molar-refractivity contribution is 0.107. The minimum absolute atomic E-state index is 0.458. The summed E-state index contributed by atoms with van der Waals surface area (Å²) >= 11 is 0. The van der Waals surface area contributed by atoms with Gasteiger partial charge in [-0.15, -0.1) is 0 Å². The Morgan fingerprint density at radius 1 is 0.720 bits per heavy atom. The van der Waals surface area contributed by atoms with Crippen molar-refractivity contribution in [3.8, 4) is 17.2 Å². The van der Waals surface area contributed by atoms with Gasteiger partial charge in [0.15, 0.2) is 11.5 Å². The van der Waals surface area contributed by atoms with Crippen molar-refractivity contribution in [2.45, 2.75) is 13.2 Å². The van der Waals surface area contributed by atoms with Crippen LogP contribution in [0.25, 0.3) is 10.8 Å². The largest absolute Gasteiger partial charge is 0.493 e. The second kappa shape index (κ2) is 7.90. The molecule has 0 aromatic heterocycles. The lowest BCUT2D eigenvalue weighted by Crippen LogP contribution is -1.99. The van der Waals surface area contributed by atoms with Gasteiger partial charge in [-0.1, -0.05) is 42.5 Å². The van der Waals surface area contributed by atoms with E-state index in [2.05, 4.69) is 30.3 Å². The predicted octanol–water partition coefficient (Wildman–Crippen LogP) is 4.58. The molecule has 4 nitrogen and oxygen atoms in total. The third-order valence-corrected chi connectivity index (χ3v) is 4.13. The molecule has 130 valence electrons. The molecule has 4 heteroatoms. The fourth-order valence-corrected chi connectivity index (χ4v) is 2.92. The fraction of sp³-hybridized carbons (Fsp3) is 0.238. The first-order valence-corrected chi connectivity index (χ1v) is 8.10. The van der Waals surface area contributed by atoms with Crippen LogP contribution < -0.4 is 14.2 Å². The van der Waals surface area contributed by atoms with Crippen LogP contribution in [0.5, 0.6) is 17.2 Å². The van der Waals surface area contributed by atoms with Gasteiger partial charge in [-0.05, 0) is 34.0 Å². The smallest absolute Gasteiger partial charge is 0.203 e. The van der Waals surface area contributed by atoms with Crippen LogP contribution in [0.3, 0.4) is 0 Å². The molecule has 25 heavy (non-hydrogen) atoms. The van der Waals surface area contributed by atoms with Gasteiger partial charge in [-0.3, -0.25) is 0 Å². The Balaban J connectivity index is 1.75. The summed E-state index contributed by atoms with van der Waals surface area (Å²) < 4.78 is 22.0. The first kappa shape index (κ1) is 17.1. The molecule has 0 atom stereocenters.